The summed E-state index contributed by atoms with van der Waals surface area (Å²) in [6.45, 7) is 3.32. The summed E-state index contributed by atoms with van der Waals surface area (Å²) in [6, 6.07) is 5.07. The van der Waals surface area contributed by atoms with E-state index in [9.17, 15) is 0 Å². The third kappa shape index (κ3) is 3.51. The Bertz CT molecular complexity index is 450. The predicted molar refractivity (Wildman–Crippen MR) is 81.9 cm³/mol. The minimum absolute atomic E-state index is 0.456. The Morgan fingerprint density at radius 2 is 2.11 bits per heavy atom. The van der Waals surface area contributed by atoms with Gasteiger partial charge in [-0.1, -0.05) is 12.5 Å². The lowest BCUT2D eigenvalue weighted by molar-refractivity contribution is 0.295. The first-order valence-electron chi connectivity index (χ1n) is 7.41. The van der Waals surface area contributed by atoms with Crippen molar-refractivity contribution < 1.29 is 4.74 Å². The van der Waals surface area contributed by atoms with Crippen molar-refractivity contribution in [1.29, 1.82) is 0 Å². The van der Waals surface area contributed by atoms with Gasteiger partial charge in [-0.15, -0.1) is 0 Å². The average molecular weight is 324 g/mol. The summed E-state index contributed by atoms with van der Waals surface area (Å²) in [4.78, 5) is 0. The van der Waals surface area contributed by atoms with Crippen molar-refractivity contribution in [3.05, 3.63) is 27.7 Å². The van der Waals surface area contributed by atoms with Gasteiger partial charge in [-0.05, 0) is 78.7 Å². The van der Waals surface area contributed by atoms with Crippen LogP contribution in [0.2, 0.25) is 0 Å². The summed E-state index contributed by atoms with van der Waals surface area (Å²) < 4.78 is 7.23. The Kier molecular flexibility index (Phi) is 4.13. The average Bonchev–Trinajstić information content (AvgIpc) is 3.19. The molecule has 1 aromatic rings. The van der Waals surface area contributed by atoms with E-state index in [0.717, 1.165) is 23.2 Å². The summed E-state index contributed by atoms with van der Waals surface area (Å²) in [5.41, 5.74) is 2.67. The summed E-state index contributed by atoms with van der Waals surface area (Å²) in [5.74, 6) is 1.08. The fourth-order valence-electron chi connectivity index (χ4n) is 2.80. The largest absolute Gasteiger partial charge is 0.489 e. The zero-order chi connectivity index (χ0) is 13.2. The van der Waals surface area contributed by atoms with Crippen LogP contribution in [0.1, 0.15) is 43.2 Å². The predicted octanol–water partition coefficient (Wildman–Crippen LogP) is 3.98. The summed E-state index contributed by atoms with van der Waals surface area (Å²) in [6.07, 6.45) is 7.92. The van der Waals surface area contributed by atoms with Crippen molar-refractivity contribution >= 4 is 15.9 Å². The number of ether oxygens (including phenoxy) is 1. The van der Waals surface area contributed by atoms with Gasteiger partial charge in [0.1, 0.15) is 5.75 Å². The third-order valence-electron chi connectivity index (χ3n) is 3.95. The second-order valence-corrected chi connectivity index (χ2v) is 6.76. The zero-order valence-electron chi connectivity index (χ0n) is 11.5. The summed E-state index contributed by atoms with van der Waals surface area (Å²) in [7, 11) is 0. The van der Waals surface area contributed by atoms with Crippen LogP contribution in [0.25, 0.3) is 0 Å². The van der Waals surface area contributed by atoms with Crippen LogP contribution in [-0.2, 0) is 6.42 Å². The van der Waals surface area contributed by atoms with Gasteiger partial charge in [0.15, 0.2) is 0 Å². The van der Waals surface area contributed by atoms with Crippen molar-refractivity contribution in [1.82, 2.24) is 5.32 Å². The Morgan fingerprint density at radius 1 is 1.26 bits per heavy atom. The van der Waals surface area contributed by atoms with E-state index >= 15 is 0 Å². The first-order valence-corrected chi connectivity index (χ1v) is 8.21. The first-order chi connectivity index (χ1) is 9.22. The van der Waals surface area contributed by atoms with Gasteiger partial charge in [0.05, 0.1) is 10.6 Å². The SMILES string of the molecule is Cc1cc(Br)c(OC2CC2)c(CC2CCCCN2)c1. The molecule has 2 fully saturated rings. The van der Waals surface area contributed by atoms with E-state index in [1.165, 1.54) is 43.2 Å². The maximum Gasteiger partial charge on any atom is 0.137 e. The molecule has 0 aromatic heterocycles. The van der Waals surface area contributed by atoms with Crippen molar-refractivity contribution in [2.75, 3.05) is 6.54 Å². The second-order valence-electron chi connectivity index (χ2n) is 5.90. The molecule has 0 spiro atoms. The molecule has 2 aliphatic rings. The smallest absolute Gasteiger partial charge is 0.137 e. The molecule has 0 bridgehead atoms. The van der Waals surface area contributed by atoms with E-state index in [1.54, 1.807) is 0 Å². The fraction of sp³-hybridized carbons (Fsp3) is 0.625. The van der Waals surface area contributed by atoms with Gasteiger partial charge < -0.3 is 10.1 Å². The lowest BCUT2D eigenvalue weighted by Crippen LogP contribution is -2.35. The molecule has 1 aliphatic heterocycles. The van der Waals surface area contributed by atoms with Crippen LogP contribution < -0.4 is 10.1 Å². The van der Waals surface area contributed by atoms with E-state index in [4.69, 9.17) is 4.74 Å². The number of hydrogen-bond donors (Lipinski definition) is 1. The molecule has 0 amide bonds. The molecule has 1 saturated heterocycles. The Balaban J connectivity index is 1.80. The summed E-state index contributed by atoms with van der Waals surface area (Å²) in [5, 5.41) is 3.63. The maximum absolute atomic E-state index is 6.11. The molecule has 19 heavy (non-hydrogen) atoms. The molecule has 1 heterocycles. The third-order valence-corrected chi connectivity index (χ3v) is 4.54. The first kappa shape index (κ1) is 13.4. The van der Waals surface area contributed by atoms with Gasteiger partial charge in [-0.3, -0.25) is 0 Å². The highest BCUT2D eigenvalue weighted by atomic mass is 79.9. The number of piperidine rings is 1. The lowest BCUT2D eigenvalue weighted by atomic mass is 9.96. The number of halogens is 1. The topological polar surface area (TPSA) is 21.3 Å². The van der Waals surface area contributed by atoms with Crippen molar-refractivity contribution in [2.45, 2.75) is 57.6 Å². The number of nitrogens with one attached hydrogen (secondary N) is 1. The van der Waals surface area contributed by atoms with Crippen LogP contribution in [0.5, 0.6) is 5.75 Å². The normalized spacial score (nSPS) is 23.4. The van der Waals surface area contributed by atoms with E-state index in [2.05, 4.69) is 40.3 Å². The van der Waals surface area contributed by atoms with Crippen LogP contribution in [-0.4, -0.2) is 18.7 Å². The van der Waals surface area contributed by atoms with Gasteiger partial charge in [-0.2, -0.15) is 0 Å². The number of rotatable bonds is 4. The molecule has 3 heteroatoms. The molecule has 1 aliphatic carbocycles. The molecule has 3 rings (SSSR count). The standard InChI is InChI=1S/C16H22BrNO/c1-11-8-12(10-13-4-2-3-7-18-13)16(15(17)9-11)19-14-5-6-14/h8-9,13-14,18H,2-7,10H2,1H3. The van der Waals surface area contributed by atoms with Gasteiger partial charge in [-0.25, -0.2) is 0 Å². The Labute approximate surface area is 124 Å². The molecule has 104 valence electrons. The van der Waals surface area contributed by atoms with Crippen LogP contribution in [0.15, 0.2) is 16.6 Å². The summed E-state index contributed by atoms with van der Waals surface area (Å²) >= 11 is 3.67. The minimum atomic E-state index is 0.456. The number of benzene rings is 1. The fourth-order valence-corrected chi connectivity index (χ4v) is 3.51. The molecular weight excluding hydrogens is 302 g/mol. The van der Waals surface area contributed by atoms with Gasteiger partial charge in [0, 0.05) is 6.04 Å². The minimum Gasteiger partial charge on any atom is -0.489 e. The second kappa shape index (κ2) is 5.84. The molecule has 2 nitrogen and oxygen atoms in total. The maximum atomic E-state index is 6.11. The molecule has 1 aromatic carbocycles. The van der Waals surface area contributed by atoms with Gasteiger partial charge in [0.25, 0.3) is 0 Å². The Hall–Kier alpha value is -0.540. The molecule has 1 unspecified atom stereocenters. The van der Waals surface area contributed by atoms with E-state index in [1.807, 2.05) is 0 Å². The van der Waals surface area contributed by atoms with Crippen molar-refractivity contribution in [2.24, 2.45) is 0 Å². The number of hydrogen-bond acceptors (Lipinski definition) is 2. The van der Waals surface area contributed by atoms with Crippen LogP contribution in [0.3, 0.4) is 0 Å². The lowest BCUT2D eigenvalue weighted by Gasteiger charge is -2.25. The monoisotopic (exact) mass is 323 g/mol. The molecule has 1 N–H and O–H groups in total. The van der Waals surface area contributed by atoms with Crippen molar-refractivity contribution in [3.8, 4) is 5.75 Å². The zero-order valence-corrected chi connectivity index (χ0v) is 13.1. The van der Waals surface area contributed by atoms with Gasteiger partial charge >= 0.3 is 0 Å². The van der Waals surface area contributed by atoms with E-state index < -0.39 is 0 Å². The van der Waals surface area contributed by atoms with Crippen molar-refractivity contribution in [3.63, 3.8) is 0 Å². The van der Waals surface area contributed by atoms with E-state index in [0.29, 0.717) is 12.1 Å². The van der Waals surface area contributed by atoms with Gasteiger partial charge in [0.2, 0.25) is 0 Å². The molecule has 0 radical (unpaired) electrons. The molecular formula is C16H22BrNO. The Morgan fingerprint density at radius 3 is 2.79 bits per heavy atom. The molecule has 1 atom stereocenters. The highest BCUT2D eigenvalue weighted by molar-refractivity contribution is 9.10. The van der Waals surface area contributed by atoms with Crippen LogP contribution in [0.4, 0.5) is 0 Å². The van der Waals surface area contributed by atoms with Crippen LogP contribution >= 0.6 is 15.9 Å². The highest BCUT2D eigenvalue weighted by Gasteiger charge is 2.26. The quantitative estimate of drug-likeness (QED) is 0.904. The molecule has 1 saturated carbocycles. The number of aryl methyl sites for hydroxylation is 1. The van der Waals surface area contributed by atoms with E-state index in [-0.39, 0.29) is 0 Å². The highest BCUT2D eigenvalue weighted by Crippen LogP contribution is 2.36. The van der Waals surface area contributed by atoms with Crippen LogP contribution in [0, 0.1) is 6.92 Å².